The number of aliphatic hydroxyl groups is 1. The van der Waals surface area contributed by atoms with E-state index in [9.17, 15) is 14.7 Å². The van der Waals surface area contributed by atoms with E-state index in [-0.39, 0.29) is 23.7 Å². The Morgan fingerprint density at radius 1 is 1.11 bits per heavy atom. The van der Waals surface area contributed by atoms with Gasteiger partial charge in [0.1, 0.15) is 6.10 Å². The fourth-order valence-corrected chi connectivity index (χ4v) is 5.22. The molecule has 1 amide bonds. The van der Waals surface area contributed by atoms with Crippen molar-refractivity contribution in [3.05, 3.63) is 11.6 Å². The van der Waals surface area contributed by atoms with Gasteiger partial charge in [0.2, 0.25) is 0 Å². The van der Waals surface area contributed by atoms with Crippen molar-refractivity contribution in [1.29, 1.82) is 0 Å². The van der Waals surface area contributed by atoms with Crippen LogP contribution in [0.4, 0.5) is 4.79 Å². The lowest BCUT2D eigenvalue weighted by Gasteiger charge is -2.43. The number of carbonyl (C=O) groups is 2. The second kappa shape index (κ2) is 10.1. The van der Waals surface area contributed by atoms with Gasteiger partial charge in [-0.25, -0.2) is 4.79 Å². The highest BCUT2D eigenvalue weighted by Crippen LogP contribution is 2.36. The van der Waals surface area contributed by atoms with Crippen LogP contribution < -0.4 is 5.32 Å². The van der Waals surface area contributed by atoms with Crippen LogP contribution in [0.25, 0.3) is 0 Å². The molecule has 0 aliphatic carbocycles. The third kappa shape index (κ3) is 6.22. The number of allylic oxidation sites excluding steroid dienone is 1. The summed E-state index contributed by atoms with van der Waals surface area (Å²) >= 11 is 1.15. The van der Waals surface area contributed by atoms with Crippen molar-refractivity contribution in [2.45, 2.75) is 102 Å². The summed E-state index contributed by atoms with van der Waals surface area (Å²) in [5, 5.41) is 13.8. The zero-order valence-electron chi connectivity index (χ0n) is 16.8. The van der Waals surface area contributed by atoms with Gasteiger partial charge in [-0.05, 0) is 26.2 Å². The first-order valence-corrected chi connectivity index (χ1v) is 11.6. The summed E-state index contributed by atoms with van der Waals surface area (Å²) in [5.74, 6) is -1.37. The zero-order valence-corrected chi connectivity index (χ0v) is 17.6. The zero-order chi connectivity index (χ0) is 20.0. The molecule has 3 aliphatic heterocycles. The standard InChI is InChI=1S/C21H33NO5S/c1-15-9-7-5-3-2-4-6-8-10-16-12-17(26-19(23)11-15)13-21(25,27-16)18-14-28-20(24)22-18/h11,16-18,25H,2-10,12-14H2,1H3,(H,22,24)/b15-11-/t16-,17-,18+,21-/m1/s1. The minimum atomic E-state index is -1.49. The molecule has 7 heteroatoms. The van der Waals surface area contributed by atoms with Crippen molar-refractivity contribution >= 4 is 23.0 Å². The van der Waals surface area contributed by atoms with Gasteiger partial charge in [-0.1, -0.05) is 55.9 Å². The molecule has 6 nitrogen and oxygen atoms in total. The minimum absolute atomic E-state index is 0.147. The fourth-order valence-electron chi connectivity index (χ4n) is 4.34. The van der Waals surface area contributed by atoms with Crippen molar-refractivity contribution in [2.75, 3.05) is 5.75 Å². The molecule has 2 fully saturated rings. The van der Waals surface area contributed by atoms with Crippen LogP contribution in [0.3, 0.4) is 0 Å². The predicted octanol–water partition coefficient (Wildman–Crippen LogP) is 4.06. The Balaban J connectivity index is 1.71. The van der Waals surface area contributed by atoms with Gasteiger partial charge >= 0.3 is 5.97 Å². The van der Waals surface area contributed by atoms with Crippen LogP contribution in [0.15, 0.2) is 11.6 Å². The monoisotopic (exact) mass is 411 g/mol. The molecule has 4 atom stereocenters. The molecule has 3 heterocycles. The molecule has 3 aliphatic rings. The second-order valence-electron chi connectivity index (χ2n) is 8.38. The molecule has 2 saturated heterocycles. The Morgan fingerprint density at radius 2 is 1.82 bits per heavy atom. The Hall–Kier alpha value is -1.05. The lowest BCUT2D eigenvalue weighted by molar-refractivity contribution is -0.283. The number of hydrogen-bond donors (Lipinski definition) is 2. The molecule has 0 aromatic carbocycles. The van der Waals surface area contributed by atoms with Gasteiger partial charge in [0.25, 0.3) is 5.24 Å². The van der Waals surface area contributed by atoms with Crippen LogP contribution in [0.1, 0.15) is 77.6 Å². The van der Waals surface area contributed by atoms with Crippen LogP contribution in [0.2, 0.25) is 0 Å². The summed E-state index contributed by atoms with van der Waals surface area (Å²) in [4.78, 5) is 24.0. The quantitative estimate of drug-likeness (QED) is 0.633. The topological polar surface area (TPSA) is 84.9 Å². The van der Waals surface area contributed by atoms with Gasteiger partial charge in [0.15, 0.2) is 5.79 Å². The lowest BCUT2D eigenvalue weighted by atomic mass is 9.91. The number of ether oxygens (including phenoxy) is 2. The molecule has 2 bridgehead atoms. The largest absolute Gasteiger partial charge is 0.459 e. The number of carbonyl (C=O) groups excluding carboxylic acids is 2. The van der Waals surface area contributed by atoms with Crippen LogP contribution in [0.5, 0.6) is 0 Å². The van der Waals surface area contributed by atoms with Gasteiger partial charge in [0, 0.05) is 24.7 Å². The first kappa shape index (κ1) is 21.7. The first-order chi connectivity index (χ1) is 13.4. The van der Waals surface area contributed by atoms with E-state index in [1.54, 1.807) is 6.08 Å². The smallest absolute Gasteiger partial charge is 0.330 e. The molecule has 158 valence electrons. The SMILES string of the molecule is C/C1=C/C(=O)O[C@@H]2C[C@@H](CCCCCCCCC1)O[C@@](O)([C@@H]1CSC(=O)N1)C2. The minimum Gasteiger partial charge on any atom is -0.459 e. The molecule has 0 saturated carbocycles. The normalized spacial score (nSPS) is 38.2. The maximum absolute atomic E-state index is 12.4. The Bertz CT molecular complexity index is 595. The number of esters is 1. The first-order valence-electron chi connectivity index (χ1n) is 10.7. The van der Waals surface area contributed by atoms with Crippen LogP contribution in [-0.4, -0.2) is 46.1 Å². The van der Waals surface area contributed by atoms with E-state index in [1.165, 1.54) is 25.7 Å². The summed E-state index contributed by atoms with van der Waals surface area (Å²) in [6.45, 7) is 1.97. The van der Waals surface area contributed by atoms with E-state index in [2.05, 4.69) is 5.32 Å². The van der Waals surface area contributed by atoms with Crippen LogP contribution in [0, 0.1) is 0 Å². The van der Waals surface area contributed by atoms with E-state index in [0.29, 0.717) is 12.2 Å². The van der Waals surface area contributed by atoms with Crippen molar-refractivity contribution in [3.63, 3.8) is 0 Å². The van der Waals surface area contributed by atoms with Crippen LogP contribution in [-0.2, 0) is 14.3 Å². The summed E-state index contributed by atoms with van der Waals surface area (Å²) in [6, 6.07) is -0.475. The van der Waals surface area contributed by atoms with Crippen molar-refractivity contribution in [1.82, 2.24) is 5.32 Å². The summed E-state index contributed by atoms with van der Waals surface area (Å²) in [6.07, 6.45) is 11.7. The van der Waals surface area contributed by atoms with Gasteiger partial charge in [-0.3, -0.25) is 4.79 Å². The highest BCUT2D eigenvalue weighted by atomic mass is 32.2. The number of fused-ring (bicyclic) bond motifs is 2. The number of hydrogen-bond acceptors (Lipinski definition) is 6. The summed E-state index contributed by atoms with van der Waals surface area (Å²) in [5.41, 5.74) is 1.04. The number of rotatable bonds is 1. The second-order valence-corrected chi connectivity index (χ2v) is 9.38. The average molecular weight is 412 g/mol. The van der Waals surface area contributed by atoms with E-state index < -0.39 is 17.9 Å². The molecule has 2 N–H and O–H groups in total. The third-order valence-corrected chi connectivity index (χ3v) is 6.76. The van der Waals surface area contributed by atoms with Gasteiger partial charge < -0.3 is 19.9 Å². The van der Waals surface area contributed by atoms with Gasteiger partial charge in [0.05, 0.1) is 12.1 Å². The summed E-state index contributed by atoms with van der Waals surface area (Å²) < 4.78 is 11.8. The average Bonchev–Trinajstić information content (AvgIpc) is 3.06. The van der Waals surface area contributed by atoms with Gasteiger partial charge in [-0.15, -0.1) is 0 Å². The highest BCUT2D eigenvalue weighted by molar-refractivity contribution is 8.14. The summed E-state index contributed by atoms with van der Waals surface area (Å²) in [7, 11) is 0. The molecule has 0 spiro atoms. The molecule has 3 rings (SSSR count). The van der Waals surface area contributed by atoms with Gasteiger partial charge in [-0.2, -0.15) is 0 Å². The molecule has 0 unspecified atom stereocenters. The maximum atomic E-state index is 12.4. The molecule has 28 heavy (non-hydrogen) atoms. The fraction of sp³-hybridized carbons (Fsp3) is 0.810. The molecule has 0 aromatic rings. The molecular weight excluding hydrogens is 378 g/mol. The Labute approximate surface area is 171 Å². The van der Waals surface area contributed by atoms with E-state index in [4.69, 9.17) is 9.47 Å². The van der Waals surface area contributed by atoms with Crippen molar-refractivity contribution in [3.8, 4) is 0 Å². The number of amides is 1. The van der Waals surface area contributed by atoms with E-state index in [1.807, 2.05) is 6.92 Å². The van der Waals surface area contributed by atoms with Crippen LogP contribution >= 0.6 is 11.8 Å². The predicted molar refractivity (Wildman–Crippen MR) is 109 cm³/mol. The molecule has 0 radical (unpaired) electrons. The highest BCUT2D eigenvalue weighted by Gasteiger charge is 2.49. The van der Waals surface area contributed by atoms with E-state index in [0.717, 1.165) is 49.4 Å². The molecule has 0 aromatic heterocycles. The number of thioether (sulfide) groups is 1. The lowest BCUT2D eigenvalue weighted by Crippen LogP contribution is -2.58. The van der Waals surface area contributed by atoms with Crippen molar-refractivity contribution < 1.29 is 24.2 Å². The van der Waals surface area contributed by atoms with Crippen molar-refractivity contribution in [2.24, 2.45) is 0 Å². The molecular formula is C21H33NO5S. The Morgan fingerprint density at radius 3 is 2.54 bits per heavy atom. The number of nitrogens with one attached hydrogen (secondary N) is 1. The maximum Gasteiger partial charge on any atom is 0.330 e. The Kier molecular flexibility index (Phi) is 7.83. The third-order valence-electron chi connectivity index (χ3n) is 5.88. The van der Waals surface area contributed by atoms with E-state index >= 15 is 0 Å².